The molecule has 294 valence electrons. The molecule has 4 aromatic rings. The Balaban J connectivity index is 1.13. The van der Waals surface area contributed by atoms with Crippen molar-refractivity contribution in [1.82, 2.24) is 25.6 Å². The van der Waals surface area contributed by atoms with Gasteiger partial charge in [-0.2, -0.15) is 0 Å². The number of ether oxygens (including phenoxy) is 1. The van der Waals surface area contributed by atoms with E-state index in [1.165, 1.54) is 0 Å². The second-order valence-corrected chi connectivity index (χ2v) is 19.6. The summed E-state index contributed by atoms with van der Waals surface area (Å²) in [5, 5.41) is 25.2. The minimum Gasteiger partial charge on any atom is -0.395 e. The van der Waals surface area contributed by atoms with E-state index in [1.54, 1.807) is 32.5 Å². The number of amides is 3. The number of aromatic nitrogens is 3. The molecule has 3 amide bonds. The van der Waals surface area contributed by atoms with Crippen molar-refractivity contribution in [2.75, 3.05) is 60.6 Å². The second-order valence-electron chi connectivity index (χ2n) is 15.8. The number of aliphatic hydroxyl groups excluding tert-OH is 1. The molecule has 0 bridgehead atoms. The summed E-state index contributed by atoms with van der Waals surface area (Å²) in [5.41, 5.74) is 3.09. The highest BCUT2D eigenvalue weighted by atomic mass is 28.4. The van der Waals surface area contributed by atoms with Gasteiger partial charge in [0.15, 0.2) is 5.60 Å². The Bertz CT molecular complexity index is 2110. The van der Waals surface area contributed by atoms with Crippen LogP contribution < -0.4 is 25.3 Å². The van der Waals surface area contributed by atoms with Gasteiger partial charge >= 0.3 is 0 Å². The highest BCUT2D eigenvalue weighted by Gasteiger charge is 2.66. The number of anilines is 3. The molecule has 56 heavy (non-hydrogen) atoms. The van der Waals surface area contributed by atoms with E-state index in [9.17, 15) is 14.7 Å². The van der Waals surface area contributed by atoms with Crippen LogP contribution in [0.5, 0.6) is 0 Å². The first-order chi connectivity index (χ1) is 27.0. The van der Waals surface area contributed by atoms with E-state index in [0.29, 0.717) is 61.8 Å². The van der Waals surface area contributed by atoms with E-state index < -0.39 is 31.6 Å². The van der Waals surface area contributed by atoms with Gasteiger partial charge in [-0.3, -0.25) is 19.1 Å². The van der Waals surface area contributed by atoms with Gasteiger partial charge < -0.3 is 39.3 Å². The van der Waals surface area contributed by atoms with Gasteiger partial charge in [0.25, 0.3) is 5.91 Å². The predicted molar refractivity (Wildman–Crippen MR) is 213 cm³/mol. The van der Waals surface area contributed by atoms with Crippen molar-refractivity contribution in [3.05, 3.63) is 101 Å². The zero-order valence-electron chi connectivity index (χ0n) is 32.0. The Kier molecular flexibility index (Phi) is 10.4. The summed E-state index contributed by atoms with van der Waals surface area (Å²) >= 11 is 0. The molecule has 1 spiro atoms. The van der Waals surface area contributed by atoms with Crippen LogP contribution in [0.15, 0.2) is 79.0 Å². The molecule has 3 N–H and O–H groups in total. The van der Waals surface area contributed by atoms with E-state index in [2.05, 4.69) is 20.9 Å². The van der Waals surface area contributed by atoms with Gasteiger partial charge in [-0.25, -0.2) is 0 Å². The Hall–Kier alpha value is -4.80. The van der Waals surface area contributed by atoms with Crippen LogP contribution in [0.3, 0.4) is 0 Å². The average Bonchev–Trinajstić information content (AvgIpc) is 3.85. The molecule has 5 heterocycles. The van der Waals surface area contributed by atoms with Gasteiger partial charge in [0, 0.05) is 67.3 Å². The predicted octanol–water partition coefficient (Wildman–Crippen LogP) is 3.69. The van der Waals surface area contributed by atoms with Crippen LogP contribution in [-0.2, 0) is 37.8 Å². The maximum absolute atomic E-state index is 16.7. The molecular weight excluding hydrogens is 732 g/mol. The number of carbonyl (C=O) groups is 3. The fourth-order valence-corrected chi connectivity index (χ4v) is 11.8. The van der Waals surface area contributed by atoms with Gasteiger partial charge in [-0.1, -0.05) is 54.6 Å². The molecule has 3 fully saturated rings. The highest BCUT2D eigenvalue weighted by molar-refractivity contribution is 6.72. The first-order valence-electron chi connectivity index (χ1n) is 19.5. The Morgan fingerprint density at radius 3 is 2.30 bits per heavy atom. The lowest BCUT2D eigenvalue weighted by atomic mass is 9.82. The third kappa shape index (κ3) is 6.85. The monoisotopic (exact) mass is 780 g/mol. The molecule has 3 aromatic carbocycles. The second kappa shape index (κ2) is 15.3. The number of hydrogen-bond donors (Lipinski definition) is 3. The van der Waals surface area contributed by atoms with Gasteiger partial charge in [-0.15, -0.1) is 5.10 Å². The summed E-state index contributed by atoms with van der Waals surface area (Å²) in [5.74, 6) is -1.22. The molecule has 0 saturated carbocycles. The third-order valence-electron chi connectivity index (χ3n) is 11.9. The molecule has 5 atom stereocenters. The minimum atomic E-state index is -3.47. The van der Waals surface area contributed by atoms with Crippen molar-refractivity contribution < 1.29 is 28.3 Å². The minimum absolute atomic E-state index is 0.0141. The fourth-order valence-electron chi connectivity index (χ4n) is 9.29. The molecular formula is C41H49FN8O5Si. The molecule has 8 rings (SSSR count). The number of carbonyl (C=O) groups excluding carboxylic acids is 3. The number of aryl methyl sites for hydroxylation is 1. The van der Waals surface area contributed by atoms with E-state index in [1.807, 2.05) is 85.9 Å². The summed E-state index contributed by atoms with van der Waals surface area (Å²) in [6.45, 7) is 8.58. The lowest BCUT2D eigenvalue weighted by molar-refractivity contribution is -0.146. The first-order valence-corrected chi connectivity index (χ1v) is 22.4. The number of rotatable bonds is 11. The number of piperazine rings is 2. The number of hydrogen-bond acceptors (Lipinski definition) is 9. The number of nitrogens with one attached hydrogen (secondary N) is 2. The van der Waals surface area contributed by atoms with Crippen molar-refractivity contribution >= 4 is 43.2 Å². The summed E-state index contributed by atoms with van der Waals surface area (Å²) < 4.78 is 25.5. The molecule has 1 unspecified atom stereocenters. The maximum Gasteiger partial charge on any atom is 0.264 e. The van der Waals surface area contributed by atoms with Gasteiger partial charge in [-0.05, 0) is 61.0 Å². The number of nitrogens with zero attached hydrogens (tertiary/aromatic N) is 6. The van der Waals surface area contributed by atoms with Crippen LogP contribution in [0.4, 0.5) is 21.2 Å². The normalized spacial score (nSPS) is 24.7. The van der Waals surface area contributed by atoms with Gasteiger partial charge in [0.1, 0.15) is 0 Å². The van der Waals surface area contributed by atoms with Crippen molar-refractivity contribution in [1.29, 1.82) is 0 Å². The maximum atomic E-state index is 16.7. The Labute approximate surface area is 327 Å². The summed E-state index contributed by atoms with van der Waals surface area (Å²) in [6, 6.07) is 23.0. The molecule has 1 aromatic heterocycles. The van der Waals surface area contributed by atoms with Gasteiger partial charge in [0.05, 0.1) is 49.6 Å². The standard InChI is InChI=1S/C41H49FN8O5Si/c1-27-39(56(2,3)42)36(14-17-47-25-34(45-46-47)32(26-51)29-9-5-4-6-10-29)55-41(27)33-21-31(49-19-16-44-23-38(49)53)12-13-35(33)50(40(41)54)24-28-8-7-11-30(20-28)48-18-15-43-22-37(48)52/h4-13,20-21,25,27,32,36,39,43-44,51H,14-19,22-24,26H2,1-3H3/t27-,32?,36+,39-,41+/m1/s1. The zero-order valence-corrected chi connectivity index (χ0v) is 33.0. The molecule has 3 saturated heterocycles. The Morgan fingerprint density at radius 1 is 0.946 bits per heavy atom. The van der Waals surface area contributed by atoms with Crippen molar-refractivity contribution in [2.24, 2.45) is 5.92 Å². The first kappa shape index (κ1) is 38.1. The summed E-state index contributed by atoms with van der Waals surface area (Å²) in [7, 11) is -3.47. The van der Waals surface area contributed by atoms with Crippen LogP contribution in [0, 0.1) is 5.92 Å². The smallest absolute Gasteiger partial charge is 0.264 e. The molecule has 0 aliphatic carbocycles. The molecule has 15 heteroatoms. The largest absolute Gasteiger partial charge is 0.395 e. The SMILES string of the molecule is C[C@@H]1[C@@H]([Si](C)(C)F)[C@H](CCn2cc(C(CO)c3ccccc3)nn2)O[C@@]12C(=O)N(Cc1cccc(N3CCNCC3=O)c1)c1ccc(N3CCNCC3=O)cc12. The van der Waals surface area contributed by atoms with E-state index >= 15 is 8.90 Å². The van der Waals surface area contributed by atoms with Crippen LogP contribution in [0.25, 0.3) is 0 Å². The van der Waals surface area contributed by atoms with Crippen molar-refractivity contribution in [2.45, 2.75) is 62.7 Å². The van der Waals surface area contributed by atoms with E-state index in [4.69, 9.17) is 4.74 Å². The summed E-state index contributed by atoms with van der Waals surface area (Å²) in [4.78, 5) is 46.2. The molecule has 13 nitrogen and oxygen atoms in total. The lowest BCUT2D eigenvalue weighted by Gasteiger charge is -2.32. The molecule has 4 aliphatic heterocycles. The topological polar surface area (TPSA) is 145 Å². The Morgan fingerprint density at radius 2 is 1.64 bits per heavy atom. The van der Waals surface area contributed by atoms with E-state index in [-0.39, 0.29) is 49.9 Å². The van der Waals surface area contributed by atoms with Crippen LogP contribution >= 0.6 is 0 Å². The van der Waals surface area contributed by atoms with Crippen molar-refractivity contribution in [3.63, 3.8) is 0 Å². The number of fused-ring (bicyclic) bond motifs is 2. The van der Waals surface area contributed by atoms with Gasteiger partial charge in [0.2, 0.25) is 20.2 Å². The molecule has 4 aliphatic rings. The quantitative estimate of drug-likeness (QED) is 0.153. The van der Waals surface area contributed by atoms with Crippen molar-refractivity contribution in [3.8, 4) is 0 Å². The summed E-state index contributed by atoms with van der Waals surface area (Å²) in [6.07, 6.45) is 1.58. The number of halogens is 1. The van der Waals surface area contributed by atoms with E-state index in [0.717, 1.165) is 16.8 Å². The van der Waals surface area contributed by atoms with Crippen LogP contribution in [0.1, 0.15) is 41.6 Å². The lowest BCUT2D eigenvalue weighted by Crippen LogP contribution is -2.48. The highest BCUT2D eigenvalue weighted by Crippen LogP contribution is 2.60. The fraction of sp³-hybridized carbons (Fsp3) is 0.439. The number of aliphatic hydroxyl groups is 1. The van der Waals surface area contributed by atoms with Crippen LogP contribution in [0.2, 0.25) is 18.6 Å². The van der Waals surface area contributed by atoms with Crippen LogP contribution in [-0.4, -0.2) is 98.2 Å². The molecule has 0 radical (unpaired) electrons. The average molecular weight is 781 g/mol. The number of benzene rings is 3. The third-order valence-corrected chi connectivity index (χ3v) is 14.4. The zero-order chi connectivity index (χ0) is 39.2.